The lowest BCUT2D eigenvalue weighted by molar-refractivity contribution is 0.360. The zero-order chi connectivity index (χ0) is 16.4. The SMILES string of the molecule is CCCCc1noc(Cn2c(=O)c(C#N)c3n(c2=O)CCC3)n1. The van der Waals surface area contributed by atoms with Crippen molar-refractivity contribution in [3.63, 3.8) is 0 Å². The molecule has 0 amide bonds. The summed E-state index contributed by atoms with van der Waals surface area (Å²) in [5.74, 6) is 0.773. The van der Waals surface area contributed by atoms with Crippen LogP contribution in [-0.4, -0.2) is 19.3 Å². The normalized spacial score (nSPS) is 13.0. The van der Waals surface area contributed by atoms with Gasteiger partial charge in [0.15, 0.2) is 5.82 Å². The van der Waals surface area contributed by atoms with E-state index in [4.69, 9.17) is 4.52 Å². The van der Waals surface area contributed by atoms with Crippen LogP contribution in [0.25, 0.3) is 0 Å². The molecule has 0 fully saturated rings. The standard InChI is InChI=1S/C15H17N5O3/c1-2-3-6-12-17-13(23-18-12)9-20-14(21)10(8-16)11-5-4-7-19(11)15(20)22/h2-7,9H2,1H3. The summed E-state index contributed by atoms with van der Waals surface area (Å²) in [5, 5.41) is 13.1. The molecule has 1 aliphatic heterocycles. The average molecular weight is 315 g/mol. The molecule has 0 unspecified atom stereocenters. The van der Waals surface area contributed by atoms with Gasteiger partial charge < -0.3 is 4.52 Å². The van der Waals surface area contributed by atoms with Crippen LogP contribution in [-0.2, 0) is 25.9 Å². The number of fused-ring (bicyclic) bond motifs is 1. The Morgan fingerprint density at radius 2 is 2.22 bits per heavy atom. The minimum absolute atomic E-state index is 0.0350. The Hall–Kier alpha value is -2.69. The Morgan fingerprint density at radius 1 is 1.39 bits per heavy atom. The number of rotatable bonds is 5. The zero-order valence-electron chi connectivity index (χ0n) is 12.9. The molecule has 120 valence electrons. The summed E-state index contributed by atoms with van der Waals surface area (Å²) in [6, 6.07) is 1.92. The molecule has 3 rings (SSSR count). The Balaban J connectivity index is 1.98. The highest BCUT2D eigenvalue weighted by molar-refractivity contribution is 5.33. The minimum Gasteiger partial charge on any atom is -0.337 e. The van der Waals surface area contributed by atoms with Gasteiger partial charge in [-0.1, -0.05) is 18.5 Å². The molecule has 0 atom stereocenters. The van der Waals surface area contributed by atoms with Crippen LogP contribution >= 0.6 is 0 Å². The quantitative estimate of drug-likeness (QED) is 0.799. The van der Waals surface area contributed by atoms with Gasteiger partial charge in [0.2, 0.25) is 5.89 Å². The van der Waals surface area contributed by atoms with Crippen molar-refractivity contribution in [1.29, 1.82) is 5.26 Å². The summed E-state index contributed by atoms with van der Waals surface area (Å²) in [6.45, 7) is 2.48. The van der Waals surface area contributed by atoms with Crippen molar-refractivity contribution in [2.75, 3.05) is 0 Å². The van der Waals surface area contributed by atoms with Crippen molar-refractivity contribution in [2.45, 2.75) is 52.1 Å². The van der Waals surface area contributed by atoms with Crippen molar-refractivity contribution in [1.82, 2.24) is 19.3 Å². The summed E-state index contributed by atoms with van der Waals surface area (Å²) in [5.41, 5.74) is -0.436. The van der Waals surface area contributed by atoms with Gasteiger partial charge in [-0.25, -0.2) is 9.36 Å². The first-order valence-electron chi connectivity index (χ1n) is 7.73. The maximum Gasteiger partial charge on any atom is 0.331 e. The fraction of sp³-hybridized carbons (Fsp3) is 0.533. The monoisotopic (exact) mass is 315 g/mol. The summed E-state index contributed by atoms with van der Waals surface area (Å²) >= 11 is 0. The molecule has 0 N–H and O–H groups in total. The second kappa shape index (κ2) is 6.20. The lowest BCUT2D eigenvalue weighted by Gasteiger charge is -2.08. The predicted molar refractivity (Wildman–Crippen MR) is 80.0 cm³/mol. The summed E-state index contributed by atoms with van der Waals surface area (Å²) < 4.78 is 7.62. The van der Waals surface area contributed by atoms with Gasteiger partial charge >= 0.3 is 5.69 Å². The topological polar surface area (TPSA) is 107 Å². The van der Waals surface area contributed by atoms with E-state index in [0.717, 1.165) is 23.8 Å². The molecule has 23 heavy (non-hydrogen) atoms. The van der Waals surface area contributed by atoms with Gasteiger partial charge in [0, 0.05) is 18.7 Å². The highest BCUT2D eigenvalue weighted by Crippen LogP contribution is 2.13. The van der Waals surface area contributed by atoms with Crippen LogP contribution in [0.5, 0.6) is 0 Å². The van der Waals surface area contributed by atoms with Crippen LogP contribution in [0.4, 0.5) is 0 Å². The number of hydrogen-bond donors (Lipinski definition) is 0. The van der Waals surface area contributed by atoms with E-state index >= 15 is 0 Å². The molecule has 0 aliphatic carbocycles. The molecular formula is C15H17N5O3. The van der Waals surface area contributed by atoms with Crippen molar-refractivity contribution in [3.05, 3.63) is 43.8 Å². The van der Waals surface area contributed by atoms with Gasteiger partial charge in [-0.3, -0.25) is 9.36 Å². The molecule has 0 bridgehead atoms. The molecule has 8 heteroatoms. The van der Waals surface area contributed by atoms with E-state index in [1.807, 2.05) is 6.07 Å². The maximum absolute atomic E-state index is 12.5. The van der Waals surface area contributed by atoms with Gasteiger partial charge in [-0.2, -0.15) is 10.2 Å². The molecule has 2 aromatic heterocycles. The Morgan fingerprint density at radius 3 is 2.96 bits per heavy atom. The van der Waals surface area contributed by atoms with Crippen LogP contribution < -0.4 is 11.2 Å². The fourth-order valence-electron chi connectivity index (χ4n) is 2.81. The number of unbranched alkanes of at least 4 members (excludes halogenated alkanes) is 1. The van der Waals surface area contributed by atoms with Gasteiger partial charge in [0.1, 0.15) is 18.2 Å². The van der Waals surface area contributed by atoms with Crippen molar-refractivity contribution < 1.29 is 4.52 Å². The van der Waals surface area contributed by atoms with E-state index in [2.05, 4.69) is 17.1 Å². The van der Waals surface area contributed by atoms with Crippen LogP contribution in [0.15, 0.2) is 14.1 Å². The molecule has 2 aromatic rings. The third-order valence-electron chi connectivity index (χ3n) is 4.00. The third-order valence-corrected chi connectivity index (χ3v) is 4.00. The molecule has 0 spiro atoms. The molecule has 3 heterocycles. The Bertz CT molecular complexity index is 884. The molecule has 0 radical (unpaired) electrons. The molecule has 8 nitrogen and oxygen atoms in total. The molecule has 0 aromatic carbocycles. The van der Waals surface area contributed by atoms with E-state index in [-0.39, 0.29) is 18.0 Å². The molecule has 0 saturated carbocycles. The van der Waals surface area contributed by atoms with E-state index in [0.29, 0.717) is 30.9 Å². The third kappa shape index (κ3) is 2.70. The summed E-state index contributed by atoms with van der Waals surface area (Å²) in [7, 11) is 0. The zero-order valence-corrected chi connectivity index (χ0v) is 12.9. The first-order valence-corrected chi connectivity index (χ1v) is 7.73. The van der Waals surface area contributed by atoms with Gasteiger partial charge in [-0.15, -0.1) is 0 Å². The number of nitriles is 1. The van der Waals surface area contributed by atoms with E-state index < -0.39 is 11.2 Å². The molecular weight excluding hydrogens is 298 g/mol. The second-order valence-corrected chi connectivity index (χ2v) is 5.57. The first kappa shape index (κ1) is 15.2. The number of aromatic nitrogens is 4. The Labute approximate surface area is 132 Å². The van der Waals surface area contributed by atoms with Crippen LogP contribution in [0.2, 0.25) is 0 Å². The molecule has 0 saturated heterocycles. The second-order valence-electron chi connectivity index (χ2n) is 5.57. The van der Waals surface area contributed by atoms with E-state index in [1.54, 1.807) is 0 Å². The largest absolute Gasteiger partial charge is 0.337 e. The van der Waals surface area contributed by atoms with Crippen molar-refractivity contribution in [3.8, 4) is 6.07 Å². The lowest BCUT2D eigenvalue weighted by atomic mass is 10.2. The smallest absolute Gasteiger partial charge is 0.331 e. The van der Waals surface area contributed by atoms with Crippen LogP contribution in [0.1, 0.15) is 49.2 Å². The Kier molecular flexibility index (Phi) is 4.10. The average Bonchev–Trinajstić information content (AvgIpc) is 3.19. The van der Waals surface area contributed by atoms with E-state index in [9.17, 15) is 14.9 Å². The summed E-state index contributed by atoms with van der Waals surface area (Å²) in [4.78, 5) is 29.1. The summed E-state index contributed by atoms with van der Waals surface area (Å²) in [6.07, 6.45) is 3.99. The fourth-order valence-corrected chi connectivity index (χ4v) is 2.81. The maximum atomic E-state index is 12.5. The highest BCUT2D eigenvalue weighted by atomic mass is 16.5. The van der Waals surface area contributed by atoms with Crippen LogP contribution in [0, 0.1) is 11.3 Å². The predicted octanol–water partition coefficient (Wildman–Crippen LogP) is 0.602. The number of aryl methyl sites for hydroxylation is 1. The van der Waals surface area contributed by atoms with Crippen molar-refractivity contribution in [2.24, 2.45) is 0 Å². The number of nitrogens with zero attached hydrogens (tertiary/aromatic N) is 5. The van der Waals surface area contributed by atoms with Crippen LogP contribution in [0.3, 0.4) is 0 Å². The van der Waals surface area contributed by atoms with Crippen molar-refractivity contribution >= 4 is 0 Å². The minimum atomic E-state index is -0.584. The number of hydrogen-bond acceptors (Lipinski definition) is 6. The van der Waals surface area contributed by atoms with Gasteiger partial charge in [0.05, 0.1) is 0 Å². The lowest BCUT2D eigenvalue weighted by Crippen LogP contribution is -2.42. The van der Waals surface area contributed by atoms with Gasteiger partial charge in [0.25, 0.3) is 5.56 Å². The molecule has 1 aliphatic rings. The highest BCUT2D eigenvalue weighted by Gasteiger charge is 2.23. The first-order chi connectivity index (χ1) is 11.2. The van der Waals surface area contributed by atoms with Gasteiger partial charge in [-0.05, 0) is 19.3 Å². The van der Waals surface area contributed by atoms with E-state index in [1.165, 1.54) is 4.57 Å².